The van der Waals surface area contributed by atoms with Gasteiger partial charge in [-0.15, -0.1) is 0 Å². The maximum Gasteiger partial charge on any atom is 0.339 e. The van der Waals surface area contributed by atoms with Crippen molar-refractivity contribution in [3.8, 4) is 0 Å². The van der Waals surface area contributed by atoms with Gasteiger partial charge < -0.3 is 10.1 Å². The molecule has 0 saturated heterocycles. The van der Waals surface area contributed by atoms with Crippen molar-refractivity contribution in [2.45, 2.75) is 0 Å². The van der Waals surface area contributed by atoms with Crippen LogP contribution in [0.25, 0.3) is 0 Å². The SMILES string of the molecule is COC(=O)c1ccccc1N1CN=C(c2ccccc2)NC1=S. The summed E-state index contributed by atoms with van der Waals surface area (Å²) in [6.07, 6.45) is 0. The highest BCUT2D eigenvalue weighted by Crippen LogP contribution is 2.23. The van der Waals surface area contributed by atoms with Crippen LogP contribution in [-0.2, 0) is 4.74 Å². The number of aliphatic imine (C=N–C) groups is 1. The third-order valence-electron chi connectivity index (χ3n) is 3.49. The van der Waals surface area contributed by atoms with E-state index in [1.165, 1.54) is 7.11 Å². The van der Waals surface area contributed by atoms with Crippen LogP contribution in [0.15, 0.2) is 59.6 Å². The molecule has 1 N–H and O–H groups in total. The molecule has 5 nitrogen and oxygen atoms in total. The van der Waals surface area contributed by atoms with E-state index in [1.54, 1.807) is 17.0 Å². The average Bonchev–Trinajstić information content (AvgIpc) is 2.62. The van der Waals surface area contributed by atoms with Crippen molar-refractivity contribution in [3.63, 3.8) is 0 Å². The van der Waals surface area contributed by atoms with Crippen molar-refractivity contribution in [1.82, 2.24) is 5.32 Å². The Morgan fingerprint density at radius 3 is 2.57 bits per heavy atom. The van der Waals surface area contributed by atoms with Gasteiger partial charge in [-0.2, -0.15) is 0 Å². The van der Waals surface area contributed by atoms with E-state index in [1.807, 2.05) is 42.5 Å². The lowest BCUT2D eigenvalue weighted by molar-refractivity contribution is 0.0601. The Kier molecular flexibility index (Phi) is 4.34. The summed E-state index contributed by atoms with van der Waals surface area (Å²) in [5.41, 5.74) is 2.10. The number of hydrogen-bond acceptors (Lipinski definition) is 4. The number of esters is 1. The molecule has 0 radical (unpaired) electrons. The van der Waals surface area contributed by atoms with Gasteiger partial charge in [0.1, 0.15) is 12.5 Å². The van der Waals surface area contributed by atoms with E-state index in [-0.39, 0.29) is 0 Å². The minimum atomic E-state index is -0.402. The molecule has 0 bridgehead atoms. The number of ether oxygens (including phenoxy) is 1. The van der Waals surface area contributed by atoms with Crippen LogP contribution in [0.4, 0.5) is 5.69 Å². The van der Waals surface area contributed by atoms with Crippen LogP contribution in [0.5, 0.6) is 0 Å². The summed E-state index contributed by atoms with van der Waals surface area (Å²) < 4.78 is 4.83. The van der Waals surface area contributed by atoms with Crippen molar-refractivity contribution >= 4 is 34.8 Å². The van der Waals surface area contributed by atoms with Gasteiger partial charge in [0.15, 0.2) is 5.11 Å². The summed E-state index contributed by atoms with van der Waals surface area (Å²) in [7, 11) is 1.36. The third kappa shape index (κ3) is 3.07. The fourth-order valence-electron chi connectivity index (χ4n) is 2.35. The Labute approximate surface area is 139 Å². The van der Waals surface area contributed by atoms with E-state index in [0.29, 0.717) is 23.0 Å². The number of para-hydroxylation sites is 1. The predicted octanol–water partition coefficient (Wildman–Crippen LogP) is 2.57. The molecule has 2 aromatic carbocycles. The number of anilines is 1. The first-order valence-corrected chi connectivity index (χ1v) is 7.47. The number of rotatable bonds is 3. The Bertz CT molecular complexity index is 774. The molecule has 23 heavy (non-hydrogen) atoms. The van der Waals surface area contributed by atoms with E-state index in [9.17, 15) is 4.79 Å². The molecule has 116 valence electrons. The van der Waals surface area contributed by atoms with Crippen LogP contribution in [0.1, 0.15) is 15.9 Å². The van der Waals surface area contributed by atoms with Crippen LogP contribution in [-0.4, -0.2) is 30.7 Å². The lowest BCUT2D eigenvalue weighted by atomic mass is 10.1. The van der Waals surface area contributed by atoms with E-state index >= 15 is 0 Å². The molecule has 2 aromatic rings. The van der Waals surface area contributed by atoms with Gasteiger partial charge in [0.2, 0.25) is 0 Å². The minimum Gasteiger partial charge on any atom is -0.465 e. The maximum absolute atomic E-state index is 11.9. The fourth-order valence-corrected chi connectivity index (χ4v) is 2.60. The second-order valence-corrected chi connectivity index (χ2v) is 5.27. The van der Waals surface area contributed by atoms with Gasteiger partial charge in [-0.25, -0.2) is 9.79 Å². The minimum absolute atomic E-state index is 0.337. The molecule has 0 saturated carbocycles. The monoisotopic (exact) mass is 325 g/mol. The predicted molar refractivity (Wildman–Crippen MR) is 93.8 cm³/mol. The van der Waals surface area contributed by atoms with Gasteiger partial charge in [0.25, 0.3) is 0 Å². The zero-order valence-electron chi connectivity index (χ0n) is 12.5. The van der Waals surface area contributed by atoms with E-state index in [2.05, 4.69) is 10.3 Å². The largest absolute Gasteiger partial charge is 0.465 e. The highest BCUT2D eigenvalue weighted by atomic mass is 32.1. The first kappa shape index (κ1) is 15.2. The molecule has 0 atom stereocenters. The van der Waals surface area contributed by atoms with Crippen molar-refractivity contribution in [3.05, 3.63) is 65.7 Å². The molecular weight excluding hydrogens is 310 g/mol. The molecule has 0 spiro atoms. The molecule has 1 heterocycles. The number of carbonyl (C=O) groups excluding carboxylic acids is 1. The molecule has 1 aliphatic heterocycles. The summed E-state index contributed by atoms with van der Waals surface area (Å²) in [4.78, 5) is 18.2. The number of hydrogen-bond donors (Lipinski definition) is 1. The molecule has 0 aromatic heterocycles. The summed E-state index contributed by atoms with van der Waals surface area (Å²) in [5, 5.41) is 3.62. The maximum atomic E-state index is 11.9. The zero-order valence-corrected chi connectivity index (χ0v) is 13.3. The molecule has 0 unspecified atom stereocenters. The van der Waals surface area contributed by atoms with Crippen molar-refractivity contribution in [2.24, 2.45) is 4.99 Å². The number of amidine groups is 1. The van der Waals surface area contributed by atoms with Crippen LogP contribution in [0, 0.1) is 0 Å². The van der Waals surface area contributed by atoms with E-state index < -0.39 is 5.97 Å². The number of carbonyl (C=O) groups is 1. The Balaban J connectivity index is 1.91. The van der Waals surface area contributed by atoms with Crippen LogP contribution in [0.2, 0.25) is 0 Å². The van der Waals surface area contributed by atoms with Gasteiger partial charge >= 0.3 is 5.97 Å². The number of nitrogens with zero attached hydrogens (tertiary/aromatic N) is 2. The Morgan fingerprint density at radius 2 is 1.87 bits per heavy atom. The lowest BCUT2D eigenvalue weighted by Crippen LogP contribution is -2.48. The smallest absolute Gasteiger partial charge is 0.339 e. The summed E-state index contributed by atoms with van der Waals surface area (Å²) >= 11 is 5.45. The molecule has 0 fully saturated rings. The summed E-state index contributed by atoms with van der Waals surface area (Å²) in [6.45, 7) is 0.337. The molecule has 6 heteroatoms. The van der Waals surface area contributed by atoms with Crippen LogP contribution in [0.3, 0.4) is 0 Å². The van der Waals surface area contributed by atoms with Gasteiger partial charge in [-0.3, -0.25) is 4.90 Å². The Morgan fingerprint density at radius 1 is 1.17 bits per heavy atom. The second kappa shape index (κ2) is 6.58. The van der Waals surface area contributed by atoms with Gasteiger partial charge in [-0.05, 0) is 24.4 Å². The van der Waals surface area contributed by atoms with Gasteiger partial charge in [0, 0.05) is 5.56 Å². The zero-order chi connectivity index (χ0) is 16.2. The van der Waals surface area contributed by atoms with Crippen molar-refractivity contribution in [2.75, 3.05) is 18.7 Å². The average molecular weight is 325 g/mol. The van der Waals surface area contributed by atoms with E-state index in [0.717, 1.165) is 11.4 Å². The Hall–Kier alpha value is -2.73. The highest BCUT2D eigenvalue weighted by Gasteiger charge is 2.23. The molecule has 0 amide bonds. The highest BCUT2D eigenvalue weighted by molar-refractivity contribution is 7.80. The molecule has 3 rings (SSSR count). The lowest BCUT2D eigenvalue weighted by Gasteiger charge is -2.30. The third-order valence-corrected chi connectivity index (χ3v) is 3.81. The summed E-state index contributed by atoms with van der Waals surface area (Å²) in [5.74, 6) is 0.323. The summed E-state index contributed by atoms with van der Waals surface area (Å²) in [6, 6.07) is 16.9. The van der Waals surface area contributed by atoms with Crippen LogP contribution >= 0.6 is 12.2 Å². The van der Waals surface area contributed by atoms with Gasteiger partial charge in [-0.1, -0.05) is 42.5 Å². The number of methoxy groups -OCH3 is 1. The van der Waals surface area contributed by atoms with E-state index in [4.69, 9.17) is 17.0 Å². The van der Waals surface area contributed by atoms with Crippen LogP contribution < -0.4 is 10.2 Å². The number of thiocarbonyl (C=S) groups is 1. The van der Waals surface area contributed by atoms with Crippen molar-refractivity contribution < 1.29 is 9.53 Å². The number of nitrogens with one attached hydrogen (secondary N) is 1. The van der Waals surface area contributed by atoms with Gasteiger partial charge in [0.05, 0.1) is 18.4 Å². The molecule has 0 aliphatic carbocycles. The molecule has 1 aliphatic rings. The topological polar surface area (TPSA) is 53.9 Å². The number of benzene rings is 2. The first-order valence-electron chi connectivity index (χ1n) is 7.06. The first-order chi connectivity index (χ1) is 11.2. The quantitative estimate of drug-likeness (QED) is 0.694. The fraction of sp³-hybridized carbons (Fsp3) is 0.118. The normalized spacial score (nSPS) is 14.0. The molecular formula is C17H15N3O2S. The van der Waals surface area contributed by atoms with Crippen molar-refractivity contribution in [1.29, 1.82) is 0 Å². The standard InChI is InChI=1S/C17H15N3O2S/c1-22-16(21)13-9-5-6-10-14(13)20-11-18-15(19-17(20)23)12-7-3-2-4-8-12/h2-10H,11H2,1H3,(H,18,19,23). The second-order valence-electron chi connectivity index (χ2n) is 4.88.